The van der Waals surface area contributed by atoms with Crippen LogP contribution in [0.25, 0.3) is 0 Å². The molecule has 3 rings (SSSR count). The smallest absolute Gasteiger partial charge is 0.344 e. The molecule has 7 heteroatoms. The Balaban J connectivity index is 1.68. The van der Waals surface area contributed by atoms with Crippen molar-refractivity contribution >= 4 is 17.8 Å². The number of hydrazine groups is 1. The van der Waals surface area contributed by atoms with Crippen LogP contribution in [-0.4, -0.2) is 35.5 Å². The molecule has 0 bridgehead atoms. The van der Waals surface area contributed by atoms with E-state index in [0.29, 0.717) is 24.2 Å². The highest BCUT2D eigenvalue weighted by molar-refractivity contribution is 6.08. The molecule has 7 nitrogen and oxygen atoms in total. The summed E-state index contributed by atoms with van der Waals surface area (Å²) in [4.78, 5) is 37.0. The Bertz CT molecular complexity index is 668. The lowest BCUT2D eigenvalue weighted by atomic mass is 9.82. The van der Waals surface area contributed by atoms with Crippen molar-refractivity contribution in [1.29, 1.82) is 0 Å². The Morgan fingerprint density at radius 1 is 1.25 bits per heavy atom. The zero-order valence-corrected chi connectivity index (χ0v) is 13.6. The number of benzene rings is 1. The van der Waals surface area contributed by atoms with E-state index in [1.165, 1.54) is 7.11 Å². The van der Waals surface area contributed by atoms with Gasteiger partial charge in [-0.15, -0.1) is 0 Å². The lowest BCUT2D eigenvalue weighted by Crippen LogP contribution is -2.51. The first-order valence-corrected chi connectivity index (χ1v) is 8.14. The Morgan fingerprint density at radius 2 is 1.96 bits per heavy atom. The van der Waals surface area contributed by atoms with Crippen molar-refractivity contribution in [2.75, 3.05) is 7.11 Å². The second kappa shape index (κ2) is 6.51. The highest BCUT2D eigenvalue weighted by Gasteiger charge is 2.52. The first-order chi connectivity index (χ1) is 11.6. The second-order valence-corrected chi connectivity index (χ2v) is 6.24. The molecule has 1 aromatic carbocycles. The van der Waals surface area contributed by atoms with Gasteiger partial charge >= 0.3 is 6.03 Å². The number of carbonyl (C=O) groups excluding carboxylic acids is 3. The average Bonchev–Trinajstić information content (AvgIpc) is 2.80. The SMILES string of the molecule is COc1ccccc1CC(=O)NN1C(=O)NC2(CCCCC2)C1=O. The summed E-state index contributed by atoms with van der Waals surface area (Å²) in [5.41, 5.74) is 2.28. The number of hydrogen-bond donors (Lipinski definition) is 2. The molecule has 1 aliphatic heterocycles. The van der Waals surface area contributed by atoms with Gasteiger partial charge in [0, 0.05) is 5.56 Å². The van der Waals surface area contributed by atoms with Crippen molar-refractivity contribution in [1.82, 2.24) is 15.8 Å². The number of para-hydroxylation sites is 1. The second-order valence-electron chi connectivity index (χ2n) is 6.24. The maximum atomic E-state index is 12.6. The average molecular weight is 331 g/mol. The number of rotatable bonds is 4. The Hall–Kier alpha value is -2.57. The molecule has 128 valence electrons. The highest BCUT2D eigenvalue weighted by Crippen LogP contribution is 2.33. The number of amides is 4. The van der Waals surface area contributed by atoms with Gasteiger partial charge in [-0.1, -0.05) is 37.5 Å². The van der Waals surface area contributed by atoms with E-state index in [2.05, 4.69) is 10.7 Å². The van der Waals surface area contributed by atoms with Crippen LogP contribution in [0.15, 0.2) is 24.3 Å². The molecule has 1 spiro atoms. The molecule has 1 aliphatic carbocycles. The molecule has 2 N–H and O–H groups in total. The molecule has 0 atom stereocenters. The van der Waals surface area contributed by atoms with Crippen LogP contribution in [0.5, 0.6) is 5.75 Å². The summed E-state index contributed by atoms with van der Waals surface area (Å²) in [7, 11) is 1.53. The largest absolute Gasteiger partial charge is 0.496 e. The molecule has 2 aliphatic rings. The van der Waals surface area contributed by atoms with E-state index >= 15 is 0 Å². The van der Waals surface area contributed by atoms with Crippen LogP contribution in [0.4, 0.5) is 4.79 Å². The molecule has 4 amide bonds. The van der Waals surface area contributed by atoms with Crippen molar-refractivity contribution < 1.29 is 19.1 Å². The molecule has 1 saturated heterocycles. The molecular formula is C17H21N3O4. The fourth-order valence-corrected chi connectivity index (χ4v) is 3.40. The summed E-state index contributed by atoms with van der Waals surface area (Å²) < 4.78 is 5.21. The monoisotopic (exact) mass is 331 g/mol. The number of hydrogen-bond acceptors (Lipinski definition) is 4. The van der Waals surface area contributed by atoms with Gasteiger partial charge in [-0.2, -0.15) is 5.01 Å². The van der Waals surface area contributed by atoms with E-state index in [-0.39, 0.29) is 12.3 Å². The topological polar surface area (TPSA) is 87.7 Å². The fourth-order valence-electron chi connectivity index (χ4n) is 3.40. The number of ether oxygens (including phenoxy) is 1. The number of nitrogens with one attached hydrogen (secondary N) is 2. The Morgan fingerprint density at radius 3 is 2.67 bits per heavy atom. The van der Waals surface area contributed by atoms with E-state index < -0.39 is 17.5 Å². The normalized spacial score (nSPS) is 19.3. The summed E-state index contributed by atoms with van der Waals surface area (Å²) in [5, 5.41) is 3.58. The van der Waals surface area contributed by atoms with Gasteiger partial charge in [-0.05, 0) is 18.9 Å². The summed E-state index contributed by atoms with van der Waals surface area (Å²) in [5.74, 6) is -0.204. The molecule has 0 unspecified atom stereocenters. The van der Waals surface area contributed by atoms with E-state index in [4.69, 9.17) is 4.74 Å². The summed E-state index contributed by atoms with van der Waals surface area (Å²) >= 11 is 0. The first kappa shape index (κ1) is 16.3. The molecule has 1 aromatic rings. The van der Waals surface area contributed by atoms with Crippen LogP contribution in [0, 0.1) is 0 Å². The Kier molecular flexibility index (Phi) is 4.42. The lowest BCUT2D eigenvalue weighted by Gasteiger charge is -2.30. The molecule has 1 heterocycles. The van der Waals surface area contributed by atoms with Gasteiger partial charge in [0.1, 0.15) is 11.3 Å². The first-order valence-electron chi connectivity index (χ1n) is 8.14. The third-order valence-corrected chi connectivity index (χ3v) is 4.65. The van der Waals surface area contributed by atoms with Crippen LogP contribution >= 0.6 is 0 Å². The molecule has 0 radical (unpaired) electrons. The van der Waals surface area contributed by atoms with Crippen molar-refractivity contribution in [2.45, 2.75) is 44.1 Å². The van der Waals surface area contributed by atoms with Crippen LogP contribution in [-0.2, 0) is 16.0 Å². The predicted molar refractivity (Wildman–Crippen MR) is 86.0 cm³/mol. The van der Waals surface area contributed by atoms with Crippen LogP contribution in [0.2, 0.25) is 0 Å². The number of urea groups is 1. The van der Waals surface area contributed by atoms with Gasteiger partial charge in [-0.25, -0.2) is 4.79 Å². The van der Waals surface area contributed by atoms with Crippen LogP contribution in [0.1, 0.15) is 37.7 Å². The third kappa shape index (κ3) is 2.93. The van der Waals surface area contributed by atoms with E-state index in [1.54, 1.807) is 18.2 Å². The zero-order chi connectivity index (χ0) is 17.2. The lowest BCUT2D eigenvalue weighted by molar-refractivity contribution is -0.139. The Labute approximate surface area is 140 Å². The van der Waals surface area contributed by atoms with Crippen molar-refractivity contribution in [2.24, 2.45) is 0 Å². The van der Waals surface area contributed by atoms with Gasteiger partial charge in [0.05, 0.1) is 13.5 Å². The highest BCUT2D eigenvalue weighted by atomic mass is 16.5. The van der Waals surface area contributed by atoms with Gasteiger partial charge in [0.15, 0.2) is 0 Å². The summed E-state index contributed by atoms with van der Waals surface area (Å²) in [6.07, 6.45) is 4.12. The minimum Gasteiger partial charge on any atom is -0.496 e. The minimum absolute atomic E-state index is 0.0219. The van der Waals surface area contributed by atoms with Gasteiger partial charge in [0.25, 0.3) is 5.91 Å². The number of methoxy groups -OCH3 is 1. The van der Waals surface area contributed by atoms with E-state index in [0.717, 1.165) is 24.3 Å². The van der Waals surface area contributed by atoms with Gasteiger partial charge in [0.2, 0.25) is 5.91 Å². The molecule has 24 heavy (non-hydrogen) atoms. The van der Waals surface area contributed by atoms with Crippen LogP contribution < -0.4 is 15.5 Å². The van der Waals surface area contributed by atoms with Crippen molar-refractivity contribution in [3.63, 3.8) is 0 Å². The quantitative estimate of drug-likeness (QED) is 0.819. The van der Waals surface area contributed by atoms with Crippen molar-refractivity contribution in [3.05, 3.63) is 29.8 Å². The molecular weight excluding hydrogens is 310 g/mol. The number of imide groups is 1. The predicted octanol–water partition coefficient (Wildman–Crippen LogP) is 1.52. The maximum Gasteiger partial charge on any atom is 0.344 e. The minimum atomic E-state index is -0.840. The summed E-state index contributed by atoms with van der Waals surface area (Å²) in [6, 6.07) is 6.58. The number of nitrogens with zero attached hydrogens (tertiary/aromatic N) is 1. The molecule has 1 saturated carbocycles. The number of carbonyl (C=O) groups is 3. The third-order valence-electron chi connectivity index (χ3n) is 4.65. The van der Waals surface area contributed by atoms with E-state index in [1.807, 2.05) is 6.07 Å². The maximum absolute atomic E-state index is 12.6. The molecule has 0 aromatic heterocycles. The zero-order valence-electron chi connectivity index (χ0n) is 13.6. The van der Waals surface area contributed by atoms with Gasteiger partial charge < -0.3 is 10.1 Å². The molecule has 2 fully saturated rings. The fraction of sp³-hybridized carbons (Fsp3) is 0.471. The van der Waals surface area contributed by atoms with Crippen molar-refractivity contribution in [3.8, 4) is 5.75 Å². The van der Waals surface area contributed by atoms with Crippen LogP contribution in [0.3, 0.4) is 0 Å². The van der Waals surface area contributed by atoms with Gasteiger partial charge in [-0.3, -0.25) is 15.0 Å². The summed E-state index contributed by atoms with van der Waals surface area (Å²) in [6.45, 7) is 0. The standard InChI is InChI=1S/C17H21N3O4/c1-24-13-8-4-3-7-12(13)11-14(21)19-20-15(22)17(18-16(20)23)9-5-2-6-10-17/h3-4,7-8H,2,5-6,9-11H2,1H3,(H,18,23)(H,19,21). The van der Waals surface area contributed by atoms with E-state index in [9.17, 15) is 14.4 Å².